The molecule has 0 atom stereocenters. The van der Waals surface area contributed by atoms with Crippen molar-refractivity contribution in [2.45, 2.75) is 0 Å². The van der Waals surface area contributed by atoms with E-state index < -0.39 is 0 Å². The average Bonchev–Trinajstić information content (AvgIpc) is 2.47. The van der Waals surface area contributed by atoms with Gasteiger partial charge >= 0.3 is 0 Å². The molecule has 1 aliphatic heterocycles. The van der Waals surface area contributed by atoms with E-state index in [1.807, 2.05) is 0 Å². The van der Waals surface area contributed by atoms with E-state index in [1.54, 1.807) is 12.5 Å². The lowest BCUT2D eigenvalue weighted by Crippen LogP contribution is -1.85. The summed E-state index contributed by atoms with van der Waals surface area (Å²) in [7, 11) is 0. The summed E-state index contributed by atoms with van der Waals surface area (Å²) < 4.78 is 4.25. The number of aliphatic hydroxyl groups excluding tert-OH is 2. The van der Waals surface area contributed by atoms with Crippen LogP contribution in [0, 0.1) is 0 Å². The molecule has 2 N–H and O–H groups in total. The number of ether oxygens (including phenoxy) is 1. The third kappa shape index (κ3) is 30.7. The quantitative estimate of drug-likeness (QED) is 0.469. The van der Waals surface area contributed by atoms with Gasteiger partial charge in [0.25, 0.3) is 0 Å². The first-order chi connectivity index (χ1) is 3.41. The number of hydrogen-bond donors (Lipinski definition) is 2. The molecule has 0 radical (unpaired) electrons. The maximum absolute atomic E-state index is 7.62. The van der Waals surface area contributed by atoms with Gasteiger partial charge in [0.05, 0.1) is 13.2 Å². The van der Waals surface area contributed by atoms with Gasteiger partial charge in [-0.05, 0) is 0 Å². The van der Waals surface area contributed by atoms with Crippen LogP contribution in [-0.4, -0.2) is 23.4 Å². The average molecular weight is 104 g/mol. The van der Waals surface area contributed by atoms with Crippen LogP contribution in [0.25, 0.3) is 0 Å². The summed E-state index contributed by atoms with van der Waals surface area (Å²) in [5, 5.41) is 15.2. The van der Waals surface area contributed by atoms with E-state index in [4.69, 9.17) is 10.2 Å². The first-order valence-corrected chi connectivity index (χ1v) is 1.94. The Morgan fingerprint density at radius 3 is 1.43 bits per heavy atom. The van der Waals surface area contributed by atoms with Crippen LogP contribution in [0.5, 0.6) is 0 Å². The predicted octanol–water partition coefficient (Wildman–Crippen LogP) is -0.541. The smallest absolute Gasteiger partial charge is 0.125 e. The molecule has 0 amide bonds. The first-order valence-electron chi connectivity index (χ1n) is 1.94. The van der Waals surface area contributed by atoms with Gasteiger partial charge in [-0.1, -0.05) is 0 Å². The Bertz CT molecular complexity index is 44.9. The van der Waals surface area contributed by atoms with E-state index in [-0.39, 0.29) is 13.2 Å². The molecule has 0 bridgehead atoms. The fraction of sp³-hybridized carbons (Fsp3) is 0.500. The van der Waals surface area contributed by atoms with Crippen LogP contribution in [0.2, 0.25) is 0 Å². The Morgan fingerprint density at radius 1 is 1.14 bits per heavy atom. The largest absolute Gasteiger partial charge is 0.466 e. The van der Waals surface area contributed by atoms with E-state index in [0.717, 1.165) is 0 Å². The maximum atomic E-state index is 7.62. The van der Waals surface area contributed by atoms with Crippen LogP contribution >= 0.6 is 0 Å². The summed E-state index contributed by atoms with van der Waals surface area (Å²) >= 11 is 0. The molecule has 0 fully saturated rings. The fourth-order valence-corrected chi connectivity index (χ4v) is 0. The molecule has 1 heterocycles. The number of hydrogen-bond acceptors (Lipinski definition) is 3. The van der Waals surface area contributed by atoms with Gasteiger partial charge in [0.2, 0.25) is 0 Å². The summed E-state index contributed by atoms with van der Waals surface area (Å²) in [6, 6.07) is 0. The summed E-state index contributed by atoms with van der Waals surface area (Å²) in [5.41, 5.74) is 0. The molecule has 42 valence electrons. The van der Waals surface area contributed by atoms with Crippen LogP contribution in [0.4, 0.5) is 0 Å². The molecule has 0 aromatic carbocycles. The highest BCUT2D eigenvalue weighted by Crippen LogP contribution is 1.89. The topological polar surface area (TPSA) is 53.0 Å². The van der Waals surface area contributed by atoms with Gasteiger partial charge < -0.3 is 14.9 Å². The summed E-state index contributed by atoms with van der Waals surface area (Å²) in [4.78, 5) is 0. The lowest BCUT2D eigenvalue weighted by Gasteiger charge is -1.70. The number of aliphatic hydroxyl groups is 2. The Labute approximate surface area is 41.8 Å². The van der Waals surface area contributed by atoms with Crippen molar-refractivity contribution in [1.29, 1.82) is 0 Å². The third-order valence-electron chi connectivity index (χ3n) is 0.236. The summed E-state index contributed by atoms with van der Waals surface area (Å²) in [6.07, 6.45) is 3.25. The molecule has 7 heavy (non-hydrogen) atoms. The zero-order valence-electron chi connectivity index (χ0n) is 3.87. The molecule has 3 heteroatoms. The van der Waals surface area contributed by atoms with Crippen molar-refractivity contribution in [3.63, 3.8) is 0 Å². The van der Waals surface area contributed by atoms with Crippen LogP contribution in [0.15, 0.2) is 12.5 Å². The SMILES string of the molecule is C1=CO1.OCCO. The lowest BCUT2D eigenvalue weighted by atomic mass is 10.8. The molecule has 0 saturated carbocycles. The van der Waals surface area contributed by atoms with Gasteiger partial charge in [-0.3, -0.25) is 0 Å². The number of rotatable bonds is 1. The Kier molecular flexibility index (Phi) is 5.04. The normalized spacial score (nSPS) is 11.1. The Hall–Kier alpha value is -0.540. The van der Waals surface area contributed by atoms with E-state index in [1.165, 1.54) is 0 Å². The lowest BCUT2D eigenvalue weighted by molar-refractivity contribution is 0.186. The minimum absolute atomic E-state index is 0.125. The summed E-state index contributed by atoms with van der Waals surface area (Å²) in [5.74, 6) is 0. The highest BCUT2D eigenvalue weighted by molar-refractivity contribution is 4.76. The monoisotopic (exact) mass is 104 g/mol. The van der Waals surface area contributed by atoms with Crippen molar-refractivity contribution < 1.29 is 14.9 Å². The molecule has 0 spiro atoms. The minimum Gasteiger partial charge on any atom is -0.466 e. The van der Waals surface area contributed by atoms with Crippen LogP contribution in [0.1, 0.15) is 0 Å². The van der Waals surface area contributed by atoms with Gasteiger partial charge in [-0.15, -0.1) is 0 Å². The first kappa shape index (κ1) is 6.46. The molecular formula is C4H8O3. The van der Waals surface area contributed by atoms with Crippen molar-refractivity contribution in [2.75, 3.05) is 13.2 Å². The molecule has 0 aliphatic carbocycles. The molecular weight excluding hydrogens is 96.0 g/mol. The van der Waals surface area contributed by atoms with Gasteiger partial charge in [0.1, 0.15) is 12.5 Å². The maximum Gasteiger partial charge on any atom is 0.125 e. The standard InChI is InChI=1S/C2H6O2.C2H2O/c3-1-2-4;1-2-3-1/h3-4H,1-2H2;1-2H. The summed E-state index contributed by atoms with van der Waals surface area (Å²) in [6.45, 7) is -0.250. The Morgan fingerprint density at radius 2 is 1.43 bits per heavy atom. The van der Waals surface area contributed by atoms with Crippen molar-refractivity contribution in [3.8, 4) is 0 Å². The molecule has 0 saturated heterocycles. The van der Waals surface area contributed by atoms with Crippen LogP contribution < -0.4 is 0 Å². The van der Waals surface area contributed by atoms with E-state index in [0.29, 0.717) is 0 Å². The highest BCUT2D eigenvalue weighted by Gasteiger charge is 1.74. The predicted molar refractivity (Wildman–Crippen MR) is 24.4 cm³/mol. The second-order valence-corrected chi connectivity index (χ2v) is 0.855. The third-order valence-corrected chi connectivity index (χ3v) is 0.236. The van der Waals surface area contributed by atoms with Gasteiger partial charge in [0.15, 0.2) is 0 Å². The van der Waals surface area contributed by atoms with Gasteiger partial charge in [-0.2, -0.15) is 0 Å². The van der Waals surface area contributed by atoms with E-state index in [9.17, 15) is 0 Å². The van der Waals surface area contributed by atoms with E-state index >= 15 is 0 Å². The van der Waals surface area contributed by atoms with Crippen LogP contribution in [0.3, 0.4) is 0 Å². The molecule has 0 unspecified atom stereocenters. The highest BCUT2D eigenvalue weighted by atomic mass is 16.5. The second kappa shape index (κ2) is 5.46. The Balaban J connectivity index is 0.000000105. The van der Waals surface area contributed by atoms with Gasteiger partial charge in [0, 0.05) is 0 Å². The van der Waals surface area contributed by atoms with Crippen LogP contribution in [-0.2, 0) is 4.74 Å². The zero-order valence-corrected chi connectivity index (χ0v) is 3.87. The van der Waals surface area contributed by atoms with Crippen molar-refractivity contribution >= 4 is 0 Å². The van der Waals surface area contributed by atoms with Gasteiger partial charge in [-0.25, -0.2) is 0 Å². The molecule has 0 aromatic heterocycles. The van der Waals surface area contributed by atoms with Crippen molar-refractivity contribution in [3.05, 3.63) is 12.5 Å². The van der Waals surface area contributed by atoms with Crippen molar-refractivity contribution in [2.24, 2.45) is 0 Å². The molecule has 3 nitrogen and oxygen atoms in total. The molecule has 1 rings (SSSR count). The second-order valence-electron chi connectivity index (χ2n) is 0.855. The zero-order chi connectivity index (χ0) is 5.54. The fourth-order valence-electron chi connectivity index (χ4n) is 0. The molecule has 0 aromatic rings. The molecule has 1 aliphatic rings. The van der Waals surface area contributed by atoms with Crippen molar-refractivity contribution in [1.82, 2.24) is 0 Å². The van der Waals surface area contributed by atoms with E-state index in [2.05, 4.69) is 4.74 Å². The minimum atomic E-state index is -0.125.